The predicted molar refractivity (Wildman–Crippen MR) is 110 cm³/mol. The van der Waals surface area contributed by atoms with E-state index in [-0.39, 0.29) is 5.41 Å². The molecule has 0 radical (unpaired) electrons. The van der Waals surface area contributed by atoms with E-state index in [0.717, 1.165) is 5.56 Å². The van der Waals surface area contributed by atoms with Crippen LogP contribution in [0.5, 0.6) is 5.75 Å². The Labute approximate surface area is 171 Å². The average Bonchev–Trinajstić information content (AvgIpc) is 2.70. The number of amides is 2. The molecule has 154 valence electrons. The van der Waals surface area contributed by atoms with Gasteiger partial charge in [0.25, 0.3) is 11.8 Å². The van der Waals surface area contributed by atoms with Crippen LogP contribution in [-0.4, -0.2) is 30.5 Å². The molecule has 0 fully saturated rings. The number of rotatable bonds is 7. The Morgan fingerprint density at radius 1 is 0.966 bits per heavy atom. The van der Waals surface area contributed by atoms with Crippen molar-refractivity contribution in [3.63, 3.8) is 0 Å². The number of ether oxygens (including phenoxy) is 2. The van der Waals surface area contributed by atoms with E-state index >= 15 is 0 Å². The van der Waals surface area contributed by atoms with E-state index in [2.05, 4.69) is 26.1 Å². The molecule has 0 unspecified atom stereocenters. The van der Waals surface area contributed by atoms with Crippen LogP contribution in [0.2, 0.25) is 0 Å². The van der Waals surface area contributed by atoms with Gasteiger partial charge in [-0.25, -0.2) is 4.79 Å². The molecule has 0 aliphatic carbocycles. The SMILES string of the molecule is CC[C@@H](Oc1ccccc1)C(=O)OCC(=O)NC(=O)c1ccc(C(C)(C)C)cc1. The fourth-order valence-electron chi connectivity index (χ4n) is 2.55. The van der Waals surface area contributed by atoms with Crippen LogP contribution < -0.4 is 10.1 Å². The van der Waals surface area contributed by atoms with Gasteiger partial charge in [0.15, 0.2) is 12.7 Å². The van der Waals surface area contributed by atoms with Crippen LogP contribution >= 0.6 is 0 Å². The molecule has 2 rings (SSSR count). The van der Waals surface area contributed by atoms with Gasteiger partial charge in [-0.3, -0.25) is 14.9 Å². The molecule has 6 heteroatoms. The van der Waals surface area contributed by atoms with Crippen LogP contribution in [-0.2, 0) is 19.7 Å². The van der Waals surface area contributed by atoms with Gasteiger partial charge < -0.3 is 9.47 Å². The summed E-state index contributed by atoms with van der Waals surface area (Å²) in [5.41, 5.74) is 1.41. The summed E-state index contributed by atoms with van der Waals surface area (Å²) >= 11 is 0. The summed E-state index contributed by atoms with van der Waals surface area (Å²) in [5, 5.41) is 2.22. The van der Waals surface area contributed by atoms with Crippen molar-refractivity contribution in [3.05, 3.63) is 65.7 Å². The van der Waals surface area contributed by atoms with Crippen LogP contribution in [0, 0.1) is 0 Å². The van der Waals surface area contributed by atoms with E-state index in [1.165, 1.54) is 0 Å². The Bertz CT molecular complexity index is 838. The molecule has 2 aromatic rings. The molecule has 0 spiro atoms. The monoisotopic (exact) mass is 397 g/mol. The molecule has 0 saturated carbocycles. The number of hydrogen-bond acceptors (Lipinski definition) is 5. The predicted octanol–water partition coefficient (Wildman–Crippen LogP) is 3.64. The third-order valence-electron chi connectivity index (χ3n) is 4.27. The zero-order valence-corrected chi connectivity index (χ0v) is 17.2. The Morgan fingerprint density at radius 2 is 1.59 bits per heavy atom. The van der Waals surface area contributed by atoms with E-state index in [1.54, 1.807) is 43.3 Å². The lowest BCUT2D eigenvalue weighted by Crippen LogP contribution is -2.36. The maximum Gasteiger partial charge on any atom is 0.347 e. The number of esters is 1. The normalized spacial score (nSPS) is 12.0. The summed E-state index contributed by atoms with van der Waals surface area (Å²) < 4.78 is 10.6. The fourth-order valence-corrected chi connectivity index (χ4v) is 2.55. The zero-order chi connectivity index (χ0) is 21.4. The molecule has 2 amide bonds. The second-order valence-corrected chi connectivity index (χ2v) is 7.64. The Balaban J connectivity index is 1.85. The van der Waals surface area contributed by atoms with Gasteiger partial charge in [0.2, 0.25) is 0 Å². The van der Waals surface area contributed by atoms with E-state index in [1.807, 2.05) is 18.2 Å². The molecule has 2 aromatic carbocycles. The first-order chi connectivity index (χ1) is 13.7. The summed E-state index contributed by atoms with van der Waals surface area (Å²) in [6.07, 6.45) is -0.445. The molecular weight excluding hydrogens is 370 g/mol. The van der Waals surface area contributed by atoms with Crippen molar-refractivity contribution in [2.24, 2.45) is 0 Å². The molecule has 1 atom stereocenters. The first kappa shape index (κ1) is 22.1. The van der Waals surface area contributed by atoms with Crippen LogP contribution in [0.25, 0.3) is 0 Å². The molecule has 6 nitrogen and oxygen atoms in total. The van der Waals surface area contributed by atoms with Gasteiger partial charge >= 0.3 is 5.97 Å². The lowest BCUT2D eigenvalue weighted by atomic mass is 9.87. The van der Waals surface area contributed by atoms with Crippen molar-refractivity contribution in [2.45, 2.75) is 45.6 Å². The molecule has 0 aliphatic heterocycles. The molecule has 0 saturated heterocycles. The minimum absolute atomic E-state index is 0.0311. The summed E-state index contributed by atoms with van der Waals surface area (Å²) in [6, 6.07) is 15.9. The number of carbonyl (C=O) groups excluding carboxylic acids is 3. The molecule has 0 aromatic heterocycles. The van der Waals surface area contributed by atoms with Gasteiger partial charge in [0, 0.05) is 5.56 Å². The van der Waals surface area contributed by atoms with Gasteiger partial charge in [-0.1, -0.05) is 58.0 Å². The average molecular weight is 397 g/mol. The maximum atomic E-state index is 12.2. The summed E-state index contributed by atoms with van der Waals surface area (Å²) in [6.45, 7) is 7.44. The van der Waals surface area contributed by atoms with Crippen LogP contribution in [0.1, 0.15) is 50.0 Å². The largest absolute Gasteiger partial charge is 0.479 e. The van der Waals surface area contributed by atoms with Crippen LogP contribution in [0.3, 0.4) is 0 Å². The lowest BCUT2D eigenvalue weighted by molar-refractivity contribution is -0.155. The molecular formula is C23H27NO5. The second-order valence-electron chi connectivity index (χ2n) is 7.64. The van der Waals surface area contributed by atoms with Crippen molar-refractivity contribution in [1.82, 2.24) is 5.32 Å². The number of hydrogen-bond donors (Lipinski definition) is 1. The van der Waals surface area contributed by atoms with Gasteiger partial charge in [-0.2, -0.15) is 0 Å². The smallest absolute Gasteiger partial charge is 0.347 e. The van der Waals surface area contributed by atoms with E-state index in [4.69, 9.17) is 9.47 Å². The van der Waals surface area contributed by atoms with Crippen molar-refractivity contribution in [1.29, 1.82) is 0 Å². The second kappa shape index (κ2) is 9.87. The quantitative estimate of drug-likeness (QED) is 0.722. The minimum atomic E-state index is -0.828. The number of carbonyl (C=O) groups is 3. The number of nitrogens with one attached hydrogen (secondary N) is 1. The van der Waals surface area contributed by atoms with Crippen LogP contribution in [0.15, 0.2) is 54.6 Å². The van der Waals surface area contributed by atoms with E-state index in [9.17, 15) is 14.4 Å². The Morgan fingerprint density at radius 3 is 2.14 bits per heavy atom. The topological polar surface area (TPSA) is 81.7 Å². The van der Waals surface area contributed by atoms with Crippen molar-refractivity contribution >= 4 is 17.8 Å². The highest BCUT2D eigenvalue weighted by molar-refractivity contribution is 6.05. The van der Waals surface area contributed by atoms with Gasteiger partial charge in [0.05, 0.1) is 0 Å². The fraction of sp³-hybridized carbons (Fsp3) is 0.348. The molecule has 1 N–H and O–H groups in total. The van der Waals surface area contributed by atoms with Crippen LogP contribution in [0.4, 0.5) is 0 Å². The lowest BCUT2D eigenvalue weighted by Gasteiger charge is -2.19. The summed E-state index contributed by atoms with van der Waals surface area (Å²) in [4.78, 5) is 36.3. The van der Waals surface area contributed by atoms with Crippen molar-refractivity contribution < 1.29 is 23.9 Å². The van der Waals surface area contributed by atoms with Crippen molar-refractivity contribution in [3.8, 4) is 5.75 Å². The zero-order valence-electron chi connectivity index (χ0n) is 17.2. The number of benzene rings is 2. The third-order valence-corrected chi connectivity index (χ3v) is 4.27. The molecule has 0 bridgehead atoms. The maximum absolute atomic E-state index is 12.2. The van der Waals surface area contributed by atoms with E-state index in [0.29, 0.717) is 17.7 Å². The van der Waals surface area contributed by atoms with E-state index < -0.39 is 30.5 Å². The van der Waals surface area contributed by atoms with Crippen molar-refractivity contribution in [2.75, 3.05) is 6.61 Å². The first-order valence-electron chi connectivity index (χ1n) is 9.53. The highest BCUT2D eigenvalue weighted by Gasteiger charge is 2.22. The summed E-state index contributed by atoms with van der Waals surface area (Å²) in [7, 11) is 0. The first-order valence-corrected chi connectivity index (χ1v) is 9.53. The molecule has 29 heavy (non-hydrogen) atoms. The molecule has 0 heterocycles. The Kier molecular flexibility index (Phi) is 7.53. The highest BCUT2D eigenvalue weighted by atomic mass is 16.6. The van der Waals surface area contributed by atoms with Gasteiger partial charge in [-0.15, -0.1) is 0 Å². The minimum Gasteiger partial charge on any atom is -0.479 e. The number of para-hydroxylation sites is 1. The van der Waals surface area contributed by atoms with Gasteiger partial charge in [0.1, 0.15) is 5.75 Å². The highest BCUT2D eigenvalue weighted by Crippen LogP contribution is 2.22. The molecule has 0 aliphatic rings. The summed E-state index contributed by atoms with van der Waals surface area (Å²) in [5.74, 6) is -1.36. The third kappa shape index (κ3) is 6.75. The Hall–Kier alpha value is -3.15. The number of imide groups is 1. The van der Waals surface area contributed by atoms with Gasteiger partial charge in [-0.05, 0) is 41.7 Å². The standard InChI is InChI=1S/C23H27NO5/c1-5-19(29-18-9-7-6-8-10-18)22(27)28-15-20(25)24-21(26)16-11-13-17(14-12-16)23(2,3)4/h6-14,19H,5,15H2,1-4H3,(H,24,25,26)/t19-/m1/s1.